The smallest absolute Gasteiger partial charge is 0.247 e. The summed E-state index contributed by atoms with van der Waals surface area (Å²) in [5.41, 5.74) is -0.148. The Hall–Kier alpha value is -1.41. The molecule has 1 aromatic heterocycles. The largest absolute Gasteiger partial charge is 0.395 e. The second-order valence-corrected chi connectivity index (χ2v) is 9.84. The first-order valence-electron chi connectivity index (χ1n) is 8.07. The molecule has 8 heteroatoms. The lowest BCUT2D eigenvalue weighted by molar-refractivity contribution is -0.118. The van der Waals surface area contributed by atoms with Crippen molar-refractivity contribution in [3.8, 4) is 0 Å². The zero-order valence-electron chi connectivity index (χ0n) is 15.2. The molecule has 0 bridgehead atoms. The van der Waals surface area contributed by atoms with Crippen LogP contribution >= 0.6 is 0 Å². The molecule has 0 aromatic carbocycles. The molecule has 0 atom stereocenters. The second-order valence-electron chi connectivity index (χ2n) is 7.07. The monoisotopic (exact) mass is 360 g/mol. The Morgan fingerprint density at radius 2 is 1.83 bits per heavy atom. The third-order valence-electron chi connectivity index (χ3n) is 4.44. The molecule has 0 fully saturated rings. The van der Waals surface area contributed by atoms with E-state index in [0.717, 1.165) is 0 Å². The number of aliphatic hydroxyl groups excluding tert-OH is 1. The molecule has 24 heavy (non-hydrogen) atoms. The summed E-state index contributed by atoms with van der Waals surface area (Å²) >= 11 is 0. The molecule has 1 aromatic rings. The van der Waals surface area contributed by atoms with Gasteiger partial charge in [-0.3, -0.25) is 10.1 Å². The van der Waals surface area contributed by atoms with E-state index >= 15 is 0 Å². The van der Waals surface area contributed by atoms with Crippen LogP contribution in [0.1, 0.15) is 60.1 Å². The van der Waals surface area contributed by atoms with Gasteiger partial charge in [-0.25, -0.2) is 8.42 Å². The van der Waals surface area contributed by atoms with E-state index in [-0.39, 0.29) is 12.5 Å². The van der Waals surface area contributed by atoms with Gasteiger partial charge < -0.3 is 9.63 Å². The van der Waals surface area contributed by atoms with Crippen molar-refractivity contribution in [2.75, 3.05) is 11.9 Å². The molecule has 0 unspecified atom stereocenters. The van der Waals surface area contributed by atoms with E-state index in [1.807, 2.05) is 0 Å². The SMILES string of the molecule is CCC(CC)S(=O)(=O)C(C)(C)C(=O)Nc1cc(C(C)(C)CO)no1. The molecule has 0 aliphatic carbocycles. The van der Waals surface area contributed by atoms with Crippen LogP contribution in [-0.4, -0.2) is 41.2 Å². The Kier molecular flexibility index (Phi) is 6.21. The highest BCUT2D eigenvalue weighted by atomic mass is 32.2. The number of hydrogen-bond acceptors (Lipinski definition) is 6. The molecule has 1 rings (SSSR count). The second kappa shape index (κ2) is 7.23. The first kappa shape index (κ1) is 20.6. The summed E-state index contributed by atoms with van der Waals surface area (Å²) in [6.45, 7) is 9.78. The number of nitrogens with one attached hydrogen (secondary N) is 1. The Balaban J connectivity index is 3.02. The van der Waals surface area contributed by atoms with Gasteiger partial charge in [-0.1, -0.05) is 32.9 Å². The van der Waals surface area contributed by atoms with Gasteiger partial charge in [0.2, 0.25) is 11.8 Å². The van der Waals surface area contributed by atoms with Crippen LogP contribution in [0.15, 0.2) is 10.6 Å². The predicted octanol–water partition coefficient (Wildman–Crippen LogP) is 2.27. The number of carbonyl (C=O) groups excluding carboxylic acids is 1. The molecule has 0 spiro atoms. The first-order chi connectivity index (χ1) is 10.9. The fraction of sp³-hybridized carbons (Fsp3) is 0.750. The fourth-order valence-corrected chi connectivity index (χ4v) is 4.29. The van der Waals surface area contributed by atoms with Crippen molar-refractivity contribution in [2.24, 2.45) is 0 Å². The number of amides is 1. The van der Waals surface area contributed by atoms with E-state index in [1.54, 1.807) is 27.7 Å². The van der Waals surface area contributed by atoms with E-state index < -0.39 is 31.2 Å². The average Bonchev–Trinajstić information content (AvgIpc) is 2.97. The molecule has 0 aliphatic rings. The summed E-state index contributed by atoms with van der Waals surface area (Å²) < 4.78 is 28.9. The number of sulfone groups is 1. The molecule has 1 heterocycles. The van der Waals surface area contributed by atoms with Crippen molar-refractivity contribution in [1.82, 2.24) is 5.16 Å². The maximum absolute atomic E-state index is 12.7. The molecule has 2 N–H and O–H groups in total. The Morgan fingerprint density at radius 1 is 1.29 bits per heavy atom. The Morgan fingerprint density at radius 3 is 2.29 bits per heavy atom. The quantitative estimate of drug-likeness (QED) is 0.736. The average molecular weight is 360 g/mol. The van der Waals surface area contributed by atoms with Crippen molar-refractivity contribution in [1.29, 1.82) is 0 Å². The summed E-state index contributed by atoms with van der Waals surface area (Å²) in [4.78, 5) is 12.5. The van der Waals surface area contributed by atoms with Crippen LogP contribution in [0, 0.1) is 0 Å². The highest BCUT2D eigenvalue weighted by molar-refractivity contribution is 7.94. The first-order valence-corrected chi connectivity index (χ1v) is 9.61. The number of anilines is 1. The number of rotatable bonds is 8. The molecule has 0 saturated heterocycles. The number of nitrogens with zero attached hydrogens (tertiary/aromatic N) is 1. The van der Waals surface area contributed by atoms with Crippen LogP contribution in [0.3, 0.4) is 0 Å². The summed E-state index contributed by atoms with van der Waals surface area (Å²) in [7, 11) is -3.66. The summed E-state index contributed by atoms with van der Waals surface area (Å²) in [6, 6.07) is 1.49. The number of hydrogen-bond donors (Lipinski definition) is 2. The fourth-order valence-electron chi connectivity index (χ4n) is 2.27. The van der Waals surface area contributed by atoms with Gasteiger partial charge in [-0.2, -0.15) is 0 Å². The van der Waals surface area contributed by atoms with E-state index in [2.05, 4.69) is 10.5 Å². The lowest BCUT2D eigenvalue weighted by Gasteiger charge is -2.27. The zero-order valence-corrected chi connectivity index (χ0v) is 16.0. The molecule has 7 nitrogen and oxygen atoms in total. The normalized spacial score (nSPS) is 13.3. The molecule has 138 valence electrons. The van der Waals surface area contributed by atoms with Crippen LogP contribution in [0.4, 0.5) is 5.88 Å². The Bertz CT molecular complexity index is 672. The number of aliphatic hydroxyl groups is 1. The minimum Gasteiger partial charge on any atom is -0.395 e. The van der Waals surface area contributed by atoms with Gasteiger partial charge >= 0.3 is 0 Å². The van der Waals surface area contributed by atoms with Gasteiger partial charge in [-0.15, -0.1) is 0 Å². The zero-order chi connectivity index (χ0) is 18.8. The van der Waals surface area contributed by atoms with Gasteiger partial charge in [0.25, 0.3) is 0 Å². The summed E-state index contributed by atoms with van der Waals surface area (Å²) in [5, 5.41) is 15.1. The molecule has 0 aliphatic heterocycles. The number of aromatic nitrogens is 1. The van der Waals surface area contributed by atoms with Crippen molar-refractivity contribution in [3.05, 3.63) is 11.8 Å². The van der Waals surface area contributed by atoms with E-state index in [4.69, 9.17) is 4.52 Å². The van der Waals surface area contributed by atoms with Crippen molar-refractivity contribution < 1.29 is 22.8 Å². The van der Waals surface area contributed by atoms with Crippen LogP contribution < -0.4 is 5.32 Å². The van der Waals surface area contributed by atoms with Crippen LogP contribution in [-0.2, 0) is 20.0 Å². The number of carbonyl (C=O) groups is 1. The topological polar surface area (TPSA) is 110 Å². The maximum atomic E-state index is 12.7. The van der Waals surface area contributed by atoms with Crippen molar-refractivity contribution in [3.63, 3.8) is 0 Å². The highest BCUT2D eigenvalue weighted by Gasteiger charge is 2.45. The van der Waals surface area contributed by atoms with E-state index in [0.29, 0.717) is 18.5 Å². The van der Waals surface area contributed by atoms with Crippen molar-refractivity contribution >= 4 is 21.6 Å². The third kappa shape index (κ3) is 3.80. The highest BCUT2D eigenvalue weighted by Crippen LogP contribution is 2.28. The molecular formula is C16H28N2O5S. The van der Waals surface area contributed by atoms with Crippen LogP contribution in [0.25, 0.3) is 0 Å². The van der Waals surface area contributed by atoms with E-state index in [9.17, 15) is 18.3 Å². The standard InChI is InChI=1S/C16H28N2O5S/c1-7-11(8-2)24(21,22)16(5,6)14(20)17-13-9-12(18-23-13)15(3,4)10-19/h9,11,19H,7-8,10H2,1-6H3,(H,17,20). The minimum atomic E-state index is -3.66. The molecular weight excluding hydrogens is 332 g/mol. The maximum Gasteiger partial charge on any atom is 0.247 e. The van der Waals surface area contributed by atoms with Gasteiger partial charge in [-0.05, 0) is 26.7 Å². The van der Waals surface area contributed by atoms with E-state index in [1.165, 1.54) is 19.9 Å². The summed E-state index contributed by atoms with van der Waals surface area (Å²) in [6.07, 6.45) is 0.902. The van der Waals surface area contributed by atoms with Crippen LogP contribution in [0.5, 0.6) is 0 Å². The molecule has 0 radical (unpaired) electrons. The van der Waals surface area contributed by atoms with Gasteiger partial charge in [0.15, 0.2) is 9.84 Å². The predicted molar refractivity (Wildman–Crippen MR) is 92.6 cm³/mol. The lowest BCUT2D eigenvalue weighted by atomic mass is 9.91. The third-order valence-corrected chi connectivity index (χ3v) is 7.60. The lowest BCUT2D eigenvalue weighted by Crippen LogP contribution is -2.48. The molecule has 0 saturated carbocycles. The molecule has 1 amide bonds. The summed E-state index contributed by atoms with van der Waals surface area (Å²) in [5.74, 6) is -0.608. The van der Waals surface area contributed by atoms with Crippen molar-refractivity contribution in [2.45, 2.75) is 69.8 Å². The van der Waals surface area contributed by atoms with Gasteiger partial charge in [0, 0.05) is 11.5 Å². The Labute approximate surface area is 143 Å². The van der Waals surface area contributed by atoms with Crippen LogP contribution in [0.2, 0.25) is 0 Å². The van der Waals surface area contributed by atoms with Gasteiger partial charge in [0.1, 0.15) is 4.75 Å². The minimum absolute atomic E-state index is 0.0596. The van der Waals surface area contributed by atoms with Gasteiger partial charge in [0.05, 0.1) is 17.6 Å².